The minimum absolute atomic E-state index is 0.0266. The molecule has 41 heavy (non-hydrogen) atoms. The van der Waals surface area contributed by atoms with Gasteiger partial charge in [0.05, 0.1) is 19.1 Å². The molecule has 0 unspecified atom stereocenters. The molecule has 2 atom stereocenters. The van der Waals surface area contributed by atoms with Gasteiger partial charge in [-0.2, -0.15) is 0 Å². The molecule has 0 spiro atoms. The van der Waals surface area contributed by atoms with Gasteiger partial charge in [0.2, 0.25) is 11.8 Å². The van der Waals surface area contributed by atoms with Crippen LogP contribution in [-0.4, -0.2) is 87.3 Å². The number of benzene rings is 1. The van der Waals surface area contributed by atoms with Gasteiger partial charge in [-0.15, -0.1) is 0 Å². The summed E-state index contributed by atoms with van der Waals surface area (Å²) in [7, 11) is 3.24. The second-order valence-electron chi connectivity index (χ2n) is 12.1. The number of hydrogen-bond acceptors (Lipinski definition) is 7. The molecule has 2 fully saturated rings. The molecule has 3 N–H and O–H groups in total. The molecule has 230 valence electrons. The van der Waals surface area contributed by atoms with E-state index >= 15 is 0 Å². The molecular weight excluding hydrogens is 524 g/mol. The molecule has 2 aliphatic rings. The van der Waals surface area contributed by atoms with Crippen molar-refractivity contribution in [1.82, 2.24) is 20.9 Å². The van der Waals surface area contributed by atoms with Crippen LogP contribution in [0.25, 0.3) is 0 Å². The maximum atomic E-state index is 13.7. The summed E-state index contributed by atoms with van der Waals surface area (Å²) >= 11 is 0. The van der Waals surface area contributed by atoms with Crippen LogP contribution in [-0.2, 0) is 14.3 Å². The molecule has 1 aromatic rings. The fraction of sp³-hybridized carbons (Fsp3) is 0.710. The van der Waals surface area contributed by atoms with Crippen molar-refractivity contribution in [2.24, 2.45) is 5.41 Å². The van der Waals surface area contributed by atoms with Crippen LogP contribution in [0.5, 0.6) is 11.5 Å². The van der Waals surface area contributed by atoms with E-state index in [2.05, 4.69) is 16.0 Å². The fourth-order valence-corrected chi connectivity index (χ4v) is 5.20. The van der Waals surface area contributed by atoms with Crippen molar-refractivity contribution in [3.05, 3.63) is 23.8 Å². The third-order valence-electron chi connectivity index (χ3n) is 7.78. The molecule has 1 saturated carbocycles. The van der Waals surface area contributed by atoms with Gasteiger partial charge in [0.25, 0.3) is 5.91 Å². The predicted molar refractivity (Wildman–Crippen MR) is 158 cm³/mol. The van der Waals surface area contributed by atoms with Gasteiger partial charge in [-0.25, -0.2) is 0 Å². The molecule has 10 heteroatoms. The number of rotatable bonds is 16. The fourth-order valence-electron chi connectivity index (χ4n) is 5.20. The van der Waals surface area contributed by atoms with Crippen LogP contribution in [0.15, 0.2) is 18.2 Å². The second kappa shape index (κ2) is 15.4. The van der Waals surface area contributed by atoms with E-state index in [-0.39, 0.29) is 48.3 Å². The SMILES string of the molecule is COCCCOc1cc(C(=O)N(C(C)C)[C@@H]2CC[C@H](CCNC(=O)CC(C)(C)C(=O)NC3CC3)NC2)ccc1OC. The monoisotopic (exact) mass is 574 g/mol. The summed E-state index contributed by atoms with van der Waals surface area (Å²) in [6.07, 6.45) is 5.54. The molecule has 3 rings (SSSR count). The van der Waals surface area contributed by atoms with Gasteiger partial charge in [0, 0.05) is 69.4 Å². The predicted octanol–water partition coefficient (Wildman–Crippen LogP) is 3.28. The van der Waals surface area contributed by atoms with E-state index in [4.69, 9.17) is 14.2 Å². The highest BCUT2D eigenvalue weighted by Gasteiger charge is 2.35. The summed E-state index contributed by atoms with van der Waals surface area (Å²) in [5.41, 5.74) is -0.156. The highest BCUT2D eigenvalue weighted by molar-refractivity contribution is 5.95. The first kappa shape index (κ1) is 32.7. The Morgan fingerprint density at radius 1 is 1.07 bits per heavy atom. The average Bonchev–Trinajstić information content (AvgIpc) is 3.75. The summed E-state index contributed by atoms with van der Waals surface area (Å²) in [5.74, 6) is 0.950. The standard InChI is InChI=1S/C31H50N4O6/c1-21(2)35(29(37)22-8-13-26(40-6)27(18-22)41-17-7-16-39-5)25-12-11-23(33-20-25)14-15-32-28(36)19-31(3,4)30(38)34-24-9-10-24/h8,13,18,21,23-25,33H,7,9-12,14-17,19-20H2,1-6H3,(H,32,36)(H,34,38)/t23-,25-/m1/s1. The van der Waals surface area contributed by atoms with Crippen LogP contribution in [0.2, 0.25) is 0 Å². The Kier molecular flexibility index (Phi) is 12.3. The number of methoxy groups -OCH3 is 2. The maximum Gasteiger partial charge on any atom is 0.254 e. The van der Waals surface area contributed by atoms with Gasteiger partial charge in [-0.1, -0.05) is 13.8 Å². The molecule has 1 aliphatic carbocycles. The van der Waals surface area contributed by atoms with Gasteiger partial charge in [0.15, 0.2) is 11.5 Å². The highest BCUT2D eigenvalue weighted by atomic mass is 16.5. The number of piperidine rings is 1. The van der Waals surface area contributed by atoms with Gasteiger partial charge in [0.1, 0.15) is 0 Å². The minimum Gasteiger partial charge on any atom is -0.493 e. The van der Waals surface area contributed by atoms with Crippen LogP contribution in [0, 0.1) is 5.41 Å². The number of carbonyl (C=O) groups excluding carboxylic acids is 3. The quantitative estimate of drug-likeness (QED) is 0.259. The van der Waals surface area contributed by atoms with E-state index < -0.39 is 5.41 Å². The highest BCUT2D eigenvalue weighted by Crippen LogP contribution is 2.30. The number of carbonyl (C=O) groups is 3. The Balaban J connectivity index is 1.48. The second-order valence-corrected chi connectivity index (χ2v) is 12.1. The first-order chi connectivity index (χ1) is 19.6. The lowest BCUT2D eigenvalue weighted by Gasteiger charge is -2.40. The molecule has 1 aromatic carbocycles. The van der Waals surface area contributed by atoms with E-state index in [0.717, 1.165) is 38.5 Å². The first-order valence-electron chi connectivity index (χ1n) is 15.0. The lowest BCUT2D eigenvalue weighted by molar-refractivity contribution is -0.134. The van der Waals surface area contributed by atoms with Crippen LogP contribution in [0.1, 0.15) is 83.0 Å². The first-order valence-corrected chi connectivity index (χ1v) is 15.0. The van der Waals surface area contributed by atoms with Crippen molar-refractivity contribution in [2.45, 2.75) is 96.8 Å². The normalized spacial score (nSPS) is 19.0. The Morgan fingerprint density at radius 2 is 1.83 bits per heavy atom. The van der Waals surface area contributed by atoms with Gasteiger partial charge in [-0.05, 0) is 64.2 Å². The van der Waals surface area contributed by atoms with E-state index in [1.807, 2.05) is 32.6 Å². The molecule has 1 saturated heterocycles. The van der Waals surface area contributed by atoms with Crippen molar-refractivity contribution in [3.8, 4) is 11.5 Å². The lowest BCUT2D eigenvalue weighted by Crippen LogP contribution is -2.54. The molecule has 3 amide bonds. The summed E-state index contributed by atoms with van der Waals surface area (Å²) in [4.78, 5) is 40.5. The van der Waals surface area contributed by atoms with Crippen LogP contribution in [0.3, 0.4) is 0 Å². The molecule has 0 aromatic heterocycles. The van der Waals surface area contributed by atoms with Crippen LogP contribution >= 0.6 is 0 Å². The van der Waals surface area contributed by atoms with Crippen molar-refractivity contribution in [2.75, 3.05) is 40.5 Å². The van der Waals surface area contributed by atoms with Crippen LogP contribution in [0.4, 0.5) is 0 Å². The van der Waals surface area contributed by atoms with Crippen molar-refractivity contribution < 1.29 is 28.6 Å². The molecule has 0 radical (unpaired) electrons. The Labute approximate surface area is 245 Å². The molecule has 0 bridgehead atoms. The molecule has 10 nitrogen and oxygen atoms in total. The van der Waals surface area contributed by atoms with E-state index in [9.17, 15) is 14.4 Å². The largest absolute Gasteiger partial charge is 0.493 e. The third kappa shape index (κ3) is 9.88. The van der Waals surface area contributed by atoms with E-state index in [1.54, 1.807) is 32.4 Å². The third-order valence-corrected chi connectivity index (χ3v) is 7.78. The summed E-state index contributed by atoms with van der Waals surface area (Å²) < 4.78 is 16.4. The summed E-state index contributed by atoms with van der Waals surface area (Å²) in [6, 6.07) is 5.97. The molecule has 1 aliphatic heterocycles. The topological polar surface area (TPSA) is 118 Å². The minimum atomic E-state index is -0.726. The Bertz CT molecular complexity index is 1020. The number of nitrogens with zero attached hydrogens (tertiary/aromatic N) is 1. The van der Waals surface area contributed by atoms with Gasteiger partial charge in [-0.3, -0.25) is 14.4 Å². The zero-order valence-corrected chi connectivity index (χ0v) is 25.7. The smallest absolute Gasteiger partial charge is 0.254 e. The average molecular weight is 575 g/mol. The van der Waals surface area contributed by atoms with Crippen molar-refractivity contribution in [1.29, 1.82) is 0 Å². The summed E-state index contributed by atoms with van der Waals surface area (Å²) in [6.45, 7) is 10.0. The van der Waals surface area contributed by atoms with E-state index in [1.165, 1.54) is 0 Å². The number of hydrogen-bond donors (Lipinski definition) is 3. The van der Waals surface area contributed by atoms with Gasteiger partial charge < -0.3 is 35.1 Å². The van der Waals surface area contributed by atoms with Crippen molar-refractivity contribution in [3.63, 3.8) is 0 Å². The maximum absolute atomic E-state index is 13.7. The zero-order valence-electron chi connectivity index (χ0n) is 25.7. The van der Waals surface area contributed by atoms with Gasteiger partial charge >= 0.3 is 0 Å². The van der Waals surface area contributed by atoms with Crippen LogP contribution < -0.4 is 25.4 Å². The molecule has 1 heterocycles. The molecular formula is C31H50N4O6. The number of ether oxygens (including phenoxy) is 3. The zero-order chi connectivity index (χ0) is 30.0. The lowest BCUT2D eigenvalue weighted by atomic mass is 9.87. The number of nitrogens with one attached hydrogen (secondary N) is 3. The summed E-state index contributed by atoms with van der Waals surface area (Å²) in [5, 5.41) is 9.56. The Morgan fingerprint density at radius 3 is 2.44 bits per heavy atom. The Hall–Kier alpha value is -2.85. The van der Waals surface area contributed by atoms with Crippen molar-refractivity contribution >= 4 is 17.7 Å². The number of amides is 3. The van der Waals surface area contributed by atoms with E-state index in [0.29, 0.717) is 43.4 Å².